The number of sulfonamides is 1. The zero-order chi connectivity index (χ0) is 18.9. The molecule has 0 aliphatic carbocycles. The Morgan fingerprint density at radius 1 is 0.923 bits per heavy atom. The molecule has 2 aromatic rings. The first-order chi connectivity index (χ1) is 12.3. The van der Waals surface area contributed by atoms with Gasteiger partial charge in [-0.2, -0.15) is 0 Å². The molecule has 0 unspecified atom stereocenters. The molecule has 1 N–H and O–H groups in total. The van der Waals surface area contributed by atoms with Crippen LogP contribution in [0.5, 0.6) is 0 Å². The van der Waals surface area contributed by atoms with Crippen molar-refractivity contribution in [3.05, 3.63) is 52.5 Å². The van der Waals surface area contributed by atoms with Crippen LogP contribution in [0.3, 0.4) is 0 Å². The van der Waals surface area contributed by atoms with Crippen LogP contribution in [-0.2, 0) is 19.6 Å². The van der Waals surface area contributed by atoms with E-state index in [4.69, 9.17) is 23.2 Å². The highest BCUT2D eigenvalue weighted by molar-refractivity contribution is 7.92. The molecule has 0 bridgehead atoms. The van der Waals surface area contributed by atoms with Gasteiger partial charge in [-0.3, -0.25) is 19.2 Å². The van der Waals surface area contributed by atoms with Crippen LogP contribution >= 0.6 is 23.2 Å². The number of hydrogen-bond donors (Lipinski definition) is 1. The molecule has 0 radical (unpaired) electrons. The lowest BCUT2D eigenvalue weighted by Gasteiger charge is -2.24. The van der Waals surface area contributed by atoms with Crippen LogP contribution in [0, 0.1) is 0 Å². The van der Waals surface area contributed by atoms with E-state index in [0.717, 1.165) is 4.90 Å². The van der Waals surface area contributed by atoms with Crippen molar-refractivity contribution in [1.82, 2.24) is 0 Å². The highest BCUT2D eigenvalue weighted by Crippen LogP contribution is 2.31. The Kier molecular flexibility index (Phi) is 5.22. The summed E-state index contributed by atoms with van der Waals surface area (Å²) in [6.45, 7) is 0. The lowest BCUT2D eigenvalue weighted by atomic mass is 10.1. The molecule has 0 aromatic heterocycles. The molecule has 1 aliphatic heterocycles. The fourth-order valence-corrected chi connectivity index (χ4v) is 4.08. The van der Waals surface area contributed by atoms with Crippen LogP contribution < -0.4 is 9.62 Å². The van der Waals surface area contributed by atoms with Gasteiger partial charge in [0.05, 0.1) is 26.3 Å². The van der Waals surface area contributed by atoms with Gasteiger partial charge in [-0.1, -0.05) is 29.3 Å². The SMILES string of the molecule is O=C1CCCC(=O)N1c1ccc(S(=O)(=O)Nc2cccc(Cl)c2Cl)cc1. The Labute approximate surface area is 160 Å². The number of halogens is 2. The molecule has 0 atom stereocenters. The van der Waals surface area contributed by atoms with Crippen LogP contribution in [0.4, 0.5) is 11.4 Å². The third-order valence-electron chi connectivity index (χ3n) is 3.88. The fraction of sp³-hybridized carbons (Fsp3) is 0.176. The highest BCUT2D eigenvalue weighted by atomic mass is 35.5. The number of carbonyl (C=O) groups is 2. The van der Waals surface area contributed by atoms with E-state index in [1.807, 2.05) is 0 Å². The minimum atomic E-state index is -3.91. The maximum atomic E-state index is 12.5. The van der Waals surface area contributed by atoms with E-state index in [1.54, 1.807) is 12.1 Å². The lowest BCUT2D eigenvalue weighted by molar-refractivity contribution is -0.129. The average Bonchev–Trinajstić information content (AvgIpc) is 2.59. The van der Waals surface area contributed by atoms with Gasteiger partial charge in [-0.25, -0.2) is 8.42 Å². The average molecular weight is 413 g/mol. The van der Waals surface area contributed by atoms with Crippen molar-refractivity contribution >= 4 is 56.4 Å². The molecule has 2 amide bonds. The molecule has 3 rings (SSSR count). The number of rotatable bonds is 4. The van der Waals surface area contributed by atoms with Crippen molar-refractivity contribution in [3.8, 4) is 0 Å². The van der Waals surface area contributed by atoms with Crippen molar-refractivity contribution in [2.45, 2.75) is 24.2 Å². The minimum absolute atomic E-state index is 0.0331. The zero-order valence-electron chi connectivity index (χ0n) is 13.4. The van der Waals surface area contributed by atoms with Crippen LogP contribution in [0.25, 0.3) is 0 Å². The summed E-state index contributed by atoms with van der Waals surface area (Å²) in [5.41, 5.74) is 0.504. The molecule has 1 saturated heterocycles. The second-order valence-corrected chi connectivity index (χ2v) is 8.14. The molecule has 0 saturated carbocycles. The third-order valence-corrected chi connectivity index (χ3v) is 6.08. The first-order valence-electron chi connectivity index (χ1n) is 7.72. The lowest BCUT2D eigenvalue weighted by Crippen LogP contribution is -2.40. The summed E-state index contributed by atoms with van der Waals surface area (Å²) in [6.07, 6.45) is 1.12. The smallest absolute Gasteiger partial charge is 0.261 e. The summed E-state index contributed by atoms with van der Waals surface area (Å²) < 4.78 is 27.4. The van der Waals surface area contributed by atoms with Gasteiger partial charge in [0, 0.05) is 12.8 Å². The molecule has 9 heteroatoms. The number of imide groups is 1. The van der Waals surface area contributed by atoms with E-state index < -0.39 is 10.0 Å². The standard InChI is InChI=1S/C17H14Cl2N2O4S/c18-13-3-1-4-14(17(13)19)20-26(24,25)12-9-7-11(8-10-12)21-15(22)5-2-6-16(21)23/h1,3-4,7-10,20H,2,5-6H2. The van der Waals surface area contributed by atoms with E-state index in [9.17, 15) is 18.0 Å². The largest absolute Gasteiger partial charge is 0.278 e. The van der Waals surface area contributed by atoms with Gasteiger partial charge in [0.2, 0.25) is 11.8 Å². The maximum absolute atomic E-state index is 12.5. The summed E-state index contributed by atoms with van der Waals surface area (Å²) in [5, 5.41) is 0.322. The molecular weight excluding hydrogens is 399 g/mol. The van der Waals surface area contributed by atoms with Gasteiger partial charge >= 0.3 is 0 Å². The molecule has 26 heavy (non-hydrogen) atoms. The summed E-state index contributed by atoms with van der Waals surface area (Å²) in [5.74, 6) is -0.582. The number of carbonyl (C=O) groups excluding carboxylic acids is 2. The first kappa shape index (κ1) is 18.7. The van der Waals surface area contributed by atoms with E-state index in [1.165, 1.54) is 30.3 Å². The third kappa shape index (κ3) is 3.70. The number of amides is 2. The Morgan fingerprint density at radius 3 is 2.15 bits per heavy atom. The number of piperidine rings is 1. The van der Waals surface area contributed by atoms with E-state index in [0.29, 0.717) is 24.9 Å². The second-order valence-electron chi connectivity index (χ2n) is 5.68. The van der Waals surface area contributed by atoms with Gasteiger partial charge in [0.15, 0.2) is 0 Å². The van der Waals surface area contributed by atoms with Crippen molar-refractivity contribution in [2.24, 2.45) is 0 Å². The highest BCUT2D eigenvalue weighted by Gasteiger charge is 2.27. The second kappa shape index (κ2) is 7.26. The summed E-state index contributed by atoms with van der Waals surface area (Å²) in [6, 6.07) is 10.1. The Morgan fingerprint density at radius 2 is 1.54 bits per heavy atom. The van der Waals surface area contributed by atoms with E-state index >= 15 is 0 Å². The predicted molar refractivity (Wildman–Crippen MR) is 100 cm³/mol. The van der Waals surface area contributed by atoms with Crippen molar-refractivity contribution in [3.63, 3.8) is 0 Å². The van der Waals surface area contributed by atoms with Crippen LogP contribution in [0.1, 0.15) is 19.3 Å². The molecule has 0 spiro atoms. The van der Waals surface area contributed by atoms with E-state index in [2.05, 4.69) is 4.72 Å². The first-order valence-corrected chi connectivity index (χ1v) is 9.96. The molecule has 136 valence electrons. The summed E-state index contributed by atoms with van der Waals surface area (Å²) in [4.78, 5) is 24.9. The van der Waals surface area contributed by atoms with Crippen molar-refractivity contribution in [2.75, 3.05) is 9.62 Å². The van der Waals surface area contributed by atoms with E-state index in [-0.39, 0.29) is 32.4 Å². The monoisotopic (exact) mass is 412 g/mol. The van der Waals surface area contributed by atoms with Crippen LogP contribution in [0.15, 0.2) is 47.4 Å². The molecule has 6 nitrogen and oxygen atoms in total. The van der Waals surface area contributed by atoms with Crippen molar-refractivity contribution < 1.29 is 18.0 Å². The van der Waals surface area contributed by atoms with Crippen LogP contribution in [-0.4, -0.2) is 20.2 Å². The van der Waals surface area contributed by atoms with Gasteiger partial charge in [0.25, 0.3) is 10.0 Å². The summed E-state index contributed by atoms with van der Waals surface area (Å²) >= 11 is 11.9. The van der Waals surface area contributed by atoms with Gasteiger partial charge in [-0.15, -0.1) is 0 Å². The summed E-state index contributed by atoms with van der Waals surface area (Å²) in [7, 11) is -3.91. The quantitative estimate of drug-likeness (QED) is 0.773. The van der Waals surface area contributed by atoms with Crippen molar-refractivity contribution in [1.29, 1.82) is 0 Å². The van der Waals surface area contributed by atoms with Gasteiger partial charge < -0.3 is 0 Å². The molecule has 1 heterocycles. The number of nitrogens with zero attached hydrogens (tertiary/aromatic N) is 1. The Hall–Kier alpha value is -2.09. The van der Waals surface area contributed by atoms with Gasteiger partial charge in [-0.05, 0) is 42.8 Å². The predicted octanol–water partition coefficient (Wildman–Crippen LogP) is 3.84. The fourth-order valence-electron chi connectivity index (χ4n) is 2.60. The molecule has 1 fully saturated rings. The molecule has 1 aliphatic rings. The Balaban J connectivity index is 1.86. The number of benzene rings is 2. The maximum Gasteiger partial charge on any atom is 0.261 e. The number of hydrogen-bond acceptors (Lipinski definition) is 4. The zero-order valence-corrected chi connectivity index (χ0v) is 15.7. The number of anilines is 2. The molecule has 2 aromatic carbocycles. The Bertz CT molecular complexity index is 959. The number of nitrogens with one attached hydrogen (secondary N) is 1. The van der Waals surface area contributed by atoms with Crippen LogP contribution in [0.2, 0.25) is 10.0 Å². The van der Waals surface area contributed by atoms with Gasteiger partial charge in [0.1, 0.15) is 0 Å². The normalized spacial score (nSPS) is 15.2. The molecular formula is C17H14Cl2N2O4S. The topological polar surface area (TPSA) is 83.6 Å². The minimum Gasteiger partial charge on any atom is -0.278 e.